The molecule has 1 aromatic rings. The molecule has 20 heavy (non-hydrogen) atoms. The van der Waals surface area contributed by atoms with E-state index in [1.807, 2.05) is 12.1 Å². The number of piperidine rings is 1. The molecule has 1 aromatic carbocycles. The van der Waals surface area contributed by atoms with Crippen LogP contribution in [-0.4, -0.2) is 37.4 Å². The molecule has 3 nitrogen and oxygen atoms in total. The molecule has 2 atom stereocenters. The molecule has 0 saturated carbocycles. The first kappa shape index (κ1) is 17.0. The SMILES string of the molecule is CC1CC(C)CN(CCOc2cccc(C=O)c2)C1.Cl. The zero-order chi connectivity index (χ0) is 13.7. The van der Waals surface area contributed by atoms with Crippen molar-refractivity contribution in [2.24, 2.45) is 11.8 Å². The quantitative estimate of drug-likeness (QED) is 0.781. The maximum absolute atomic E-state index is 10.7. The maximum Gasteiger partial charge on any atom is 0.150 e. The number of carbonyl (C=O) groups is 1. The minimum Gasteiger partial charge on any atom is -0.492 e. The molecular formula is C16H24ClNO2. The van der Waals surface area contributed by atoms with Crippen molar-refractivity contribution in [3.8, 4) is 5.75 Å². The molecule has 4 heteroatoms. The Morgan fingerprint density at radius 3 is 2.65 bits per heavy atom. The van der Waals surface area contributed by atoms with Gasteiger partial charge in [0, 0.05) is 25.2 Å². The lowest BCUT2D eigenvalue weighted by molar-refractivity contribution is 0.112. The average molecular weight is 298 g/mol. The Bertz CT molecular complexity index is 415. The van der Waals surface area contributed by atoms with E-state index in [1.165, 1.54) is 19.5 Å². The third-order valence-corrected chi connectivity index (χ3v) is 3.61. The molecule has 1 aliphatic heterocycles. The van der Waals surface area contributed by atoms with Gasteiger partial charge in [0.1, 0.15) is 18.6 Å². The van der Waals surface area contributed by atoms with E-state index < -0.39 is 0 Å². The van der Waals surface area contributed by atoms with Gasteiger partial charge in [-0.15, -0.1) is 12.4 Å². The van der Waals surface area contributed by atoms with Crippen molar-refractivity contribution in [3.63, 3.8) is 0 Å². The highest BCUT2D eigenvalue weighted by Gasteiger charge is 2.21. The van der Waals surface area contributed by atoms with Crippen LogP contribution < -0.4 is 4.74 Å². The molecule has 112 valence electrons. The van der Waals surface area contributed by atoms with Gasteiger partial charge >= 0.3 is 0 Å². The minimum absolute atomic E-state index is 0. The van der Waals surface area contributed by atoms with E-state index in [4.69, 9.17) is 4.74 Å². The van der Waals surface area contributed by atoms with Crippen LogP contribution in [0.25, 0.3) is 0 Å². The van der Waals surface area contributed by atoms with Crippen LogP contribution in [0.1, 0.15) is 30.6 Å². The summed E-state index contributed by atoms with van der Waals surface area (Å²) in [7, 11) is 0. The van der Waals surface area contributed by atoms with Crippen molar-refractivity contribution < 1.29 is 9.53 Å². The summed E-state index contributed by atoms with van der Waals surface area (Å²) in [5, 5.41) is 0. The van der Waals surface area contributed by atoms with Crippen molar-refractivity contribution in [2.75, 3.05) is 26.2 Å². The van der Waals surface area contributed by atoms with Gasteiger partial charge in [0.2, 0.25) is 0 Å². The molecule has 1 saturated heterocycles. The van der Waals surface area contributed by atoms with Crippen LogP contribution >= 0.6 is 12.4 Å². The van der Waals surface area contributed by atoms with Crippen molar-refractivity contribution in [2.45, 2.75) is 20.3 Å². The van der Waals surface area contributed by atoms with Gasteiger partial charge < -0.3 is 4.74 Å². The molecule has 0 amide bonds. The second kappa shape index (κ2) is 8.28. The lowest BCUT2D eigenvalue weighted by Crippen LogP contribution is -2.40. The number of ether oxygens (including phenoxy) is 1. The lowest BCUT2D eigenvalue weighted by Gasteiger charge is -2.34. The number of hydrogen-bond acceptors (Lipinski definition) is 3. The zero-order valence-electron chi connectivity index (χ0n) is 12.2. The summed E-state index contributed by atoms with van der Waals surface area (Å²) in [5.41, 5.74) is 0.665. The fourth-order valence-electron chi connectivity index (χ4n) is 2.94. The van der Waals surface area contributed by atoms with Crippen LogP contribution in [0.4, 0.5) is 0 Å². The van der Waals surface area contributed by atoms with E-state index in [9.17, 15) is 4.79 Å². The van der Waals surface area contributed by atoms with E-state index in [-0.39, 0.29) is 12.4 Å². The monoisotopic (exact) mass is 297 g/mol. The van der Waals surface area contributed by atoms with Gasteiger partial charge in [-0.2, -0.15) is 0 Å². The third-order valence-electron chi connectivity index (χ3n) is 3.61. The molecule has 0 aliphatic carbocycles. The standard InChI is InChI=1S/C16H23NO2.ClH/c1-13-8-14(2)11-17(10-13)6-7-19-16-5-3-4-15(9-16)12-18;/h3-5,9,12-14H,6-8,10-11H2,1-2H3;1H. The molecule has 0 radical (unpaired) electrons. The Labute approximate surface area is 127 Å². The molecule has 1 fully saturated rings. The molecule has 1 heterocycles. The first-order valence-corrected chi connectivity index (χ1v) is 7.07. The highest BCUT2D eigenvalue weighted by Crippen LogP contribution is 2.20. The van der Waals surface area contributed by atoms with Crippen LogP contribution in [0.5, 0.6) is 5.75 Å². The second-order valence-corrected chi connectivity index (χ2v) is 5.74. The summed E-state index contributed by atoms with van der Waals surface area (Å²) in [6.45, 7) is 8.61. The van der Waals surface area contributed by atoms with Gasteiger partial charge in [-0.1, -0.05) is 26.0 Å². The fraction of sp³-hybridized carbons (Fsp3) is 0.562. The summed E-state index contributed by atoms with van der Waals surface area (Å²) >= 11 is 0. The predicted molar refractivity (Wildman–Crippen MR) is 84.0 cm³/mol. The first-order chi connectivity index (χ1) is 9.17. The molecule has 1 aliphatic rings. The topological polar surface area (TPSA) is 29.5 Å². The normalized spacial score (nSPS) is 22.9. The Hall–Kier alpha value is -1.06. The van der Waals surface area contributed by atoms with Gasteiger partial charge in [-0.3, -0.25) is 9.69 Å². The number of benzene rings is 1. The van der Waals surface area contributed by atoms with Crippen LogP contribution in [0.15, 0.2) is 24.3 Å². The van der Waals surface area contributed by atoms with Crippen molar-refractivity contribution >= 4 is 18.7 Å². The molecule has 0 spiro atoms. The molecule has 0 bridgehead atoms. The predicted octanol–water partition coefficient (Wildman–Crippen LogP) is 3.28. The summed E-state index contributed by atoms with van der Waals surface area (Å²) in [6.07, 6.45) is 2.18. The van der Waals surface area contributed by atoms with Gasteiger partial charge in [0.15, 0.2) is 0 Å². The summed E-state index contributed by atoms with van der Waals surface area (Å²) in [5.74, 6) is 2.34. The lowest BCUT2D eigenvalue weighted by atomic mass is 9.92. The molecular weight excluding hydrogens is 274 g/mol. The zero-order valence-corrected chi connectivity index (χ0v) is 13.1. The number of rotatable bonds is 5. The summed E-state index contributed by atoms with van der Waals surface area (Å²) in [6, 6.07) is 7.32. The number of halogens is 1. The smallest absolute Gasteiger partial charge is 0.150 e. The van der Waals surface area contributed by atoms with Crippen molar-refractivity contribution in [3.05, 3.63) is 29.8 Å². The largest absolute Gasteiger partial charge is 0.492 e. The number of nitrogens with zero attached hydrogens (tertiary/aromatic N) is 1. The van der Waals surface area contributed by atoms with E-state index in [0.29, 0.717) is 12.2 Å². The highest BCUT2D eigenvalue weighted by atomic mass is 35.5. The van der Waals surface area contributed by atoms with Gasteiger partial charge in [0.25, 0.3) is 0 Å². The highest BCUT2D eigenvalue weighted by molar-refractivity contribution is 5.85. The first-order valence-electron chi connectivity index (χ1n) is 7.07. The number of likely N-dealkylation sites (tertiary alicyclic amines) is 1. The molecule has 0 aromatic heterocycles. The molecule has 2 rings (SSSR count). The van der Waals surface area contributed by atoms with Crippen LogP contribution in [-0.2, 0) is 0 Å². The Morgan fingerprint density at radius 2 is 2.00 bits per heavy atom. The van der Waals surface area contributed by atoms with Gasteiger partial charge in [0.05, 0.1) is 0 Å². The molecule has 2 unspecified atom stereocenters. The minimum atomic E-state index is 0. The fourth-order valence-corrected chi connectivity index (χ4v) is 2.94. The van der Waals surface area contributed by atoms with E-state index in [2.05, 4.69) is 18.7 Å². The summed E-state index contributed by atoms with van der Waals surface area (Å²) < 4.78 is 5.72. The van der Waals surface area contributed by atoms with Gasteiger partial charge in [-0.05, 0) is 30.4 Å². The number of hydrogen-bond donors (Lipinski definition) is 0. The van der Waals surface area contributed by atoms with Crippen LogP contribution in [0.3, 0.4) is 0 Å². The van der Waals surface area contributed by atoms with E-state index >= 15 is 0 Å². The second-order valence-electron chi connectivity index (χ2n) is 5.74. The number of aldehydes is 1. The van der Waals surface area contributed by atoms with Crippen molar-refractivity contribution in [1.29, 1.82) is 0 Å². The number of carbonyl (C=O) groups excluding carboxylic acids is 1. The maximum atomic E-state index is 10.7. The Kier molecular flexibility index (Phi) is 7.03. The summed E-state index contributed by atoms with van der Waals surface area (Å²) in [4.78, 5) is 13.2. The van der Waals surface area contributed by atoms with Crippen molar-refractivity contribution in [1.82, 2.24) is 4.90 Å². The molecule has 0 N–H and O–H groups in total. The average Bonchev–Trinajstić information content (AvgIpc) is 2.38. The van der Waals surface area contributed by atoms with E-state index in [1.54, 1.807) is 12.1 Å². The van der Waals surface area contributed by atoms with Gasteiger partial charge in [-0.25, -0.2) is 0 Å². The Balaban J connectivity index is 0.00000200. The third kappa shape index (κ3) is 5.14. The Morgan fingerprint density at radius 1 is 1.30 bits per heavy atom. The van der Waals surface area contributed by atoms with Crippen LogP contribution in [0, 0.1) is 11.8 Å². The van der Waals surface area contributed by atoms with E-state index in [0.717, 1.165) is 30.4 Å². The van der Waals surface area contributed by atoms with Crippen LogP contribution in [0.2, 0.25) is 0 Å².